The standard InChI is InChI=1S/C14H17N3O2/c1-3-17(10-4-9-15)14(19)16-13-7-5-12(6-8-13)11(2)18/h5-8H,3-4,10H2,1-2H3,(H,16,19). The largest absolute Gasteiger partial charge is 0.324 e. The molecule has 0 atom stereocenters. The molecule has 1 aromatic carbocycles. The summed E-state index contributed by atoms with van der Waals surface area (Å²) < 4.78 is 0. The van der Waals surface area contributed by atoms with E-state index in [1.54, 1.807) is 29.2 Å². The number of urea groups is 1. The number of nitrogens with zero attached hydrogens (tertiary/aromatic N) is 2. The molecule has 19 heavy (non-hydrogen) atoms. The molecule has 2 amide bonds. The van der Waals surface area contributed by atoms with Gasteiger partial charge in [0.2, 0.25) is 0 Å². The van der Waals surface area contributed by atoms with Crippen LogP contribution in [0.2, 0.25) is 0 Å². The molecule has 1 aromatic rings. The van der Waals surface area contributed by atoms with Crippen LogP contribution in [0.5, 0.6) is 0 Å². The second-order valence-electron chi connectivity index (χ2n) is 4.05. The van der Waals surface area contributed by atoms with Crippen molar-refractivity contribution >= 4 is 17.5 Å². The van der Waals surface area contributed by atoms with Gasteiger partial charge in [0.15, 0.2) is 5.78 Å². The third-order valence-corrected chi connectivity index (χ3v) is 2.71. The van der Waals surface area contributed by atoms with E-state index in [0.717, 1.165) is 0 Å². The lowest BCUT2D eigenvalue weighted by Gasteiger charge is -2.20. The number of hydrogen-bond acceptors (Lipinski definition) is 3. The molecule has 0 bridgehead atoms. The van der Waals surface area contributed by atoms with Crippen LogP contribution in [0.1, 0.15) is 30.6 Å². The van der Waals surface area contributed by atoms with Gasteiger partial charge in [-0.15, -0.1) is 0 Å². The van der Waals surface area contributed by atoms with E-state index in [0.29, 0.717) is 30.8 Å². The molecule has 0 saturated heterocycles. The number of hydrogen-bond donors (Lipinski definition) is 1. The lowest BCUT2D eigenvalue weighted by Crippen LogP contribution is -2.35. The van der Waals surface area contributed by atoms with Gasteiger partial charge < -0.3 is 10.2 Å². The number of benzene rings is 1. The topological polar surface area (TPSA) is 73.2 Å². The van der Waals surface area contributed by atoms with Gasteiger partial charge in [-0.1, -0.05) is 0 Å². The zero-order chi connectivity index (χ0) is 14.3. The number of nitrogens with one attached hydrogen (secondary N) is 1. The maximum atomic E-state index is 11.9. The smallest absolute Gasteiger partial charge is 0.321 e. The third kappa shape index (κ3) is 4.43. The highest BCUT2D eigenvalue weighted by molar-refractivity contribution is 5.95. The van der Waals surface area contributed by atoms with Crippen molar-refractivity contribution in [3.05, 3.63) is 29.8 Å². The van der Waals surface area contributed by atoms with E-state index in [9.17, 15) is 9.59 Å². The van der Waals surface area contributed by atoms with Crippen molar-refractivity contribution in [2.45, 2.75) is 20.3 Å². The first kappa shape index (κ1) is 14.7. The maximum absolute atomic E-state index is 11.9. The fourth-order valence-corrected chi connectivity index (χ4v) is 1.58. The Morgan fingerprint density at radius 3 is 2.42 bits per heavy atom. The van der Waals surface area contributed by atoms with Gasteiger partial charge >= 0.3 is 6.03 Å². The zero-order valence-electron chi connectivity index (χ0n) is 11.1. The second kappa shape index (κ2) is 7.17. The van der Waals surface area contributed by atoms with Crippen LogP contribution in [0, 0.1) is 11.3 Å². The monoisotopic (exact) mass is 259 g/mol. The van der Waals surface area contributed by atoms with E-state index >= 15 is 0 Å². The highest BCUT2D eigenvalue weighted by Gasteiger charge is 2.11. The Bertz CT molecular complexity index is 488. The normalized spacial score (nSPS) is 9.53. The van der Waals surface area contributed by atoms with E-state index < -0.39 is 0 Å². The van der Waals surface area contributed by atoms with Gasteiger partial charge in [0.05, 0.1) is 12.5 Å². The maximum Gasteiger partial charge on any atom is 0.321 e. The molecule has 0 radical (unpaired) electrons. The van der Waals surface area contributed by atoms with Crippen molar-refractivity contribution in [3.63, 3.8) is 0 Å². The summed E-state index contributed by atoms with van der Waals surface area (Å²) in [5.41, 5.74) is 1.24. The highest BCUT2D eigenvalue weighted by Crippen LogP contribution is 2.11. The average Bonchev–Trinajstić information content (AvgIpc) is 2.40. The van der Waals surface area contributed by atoms with Gasteiger partial charge in [0.1, 0.15) is 0 Å². The molecule has 5 nitrogen and oxygen atoms in total. The Kier molecular flexibility index (Phi) is 5.55. The fraction of sp³-hybridized carbons (Fsp3) is 0.357. The Hall–Kier alpha value is -2.35. The van der Waals surface area contributed by atoms with Crippen LogP contribution in [0.25, 0.3) is 0 Å². The molecule has 100 valence electrons. The lowest BCUT2D eigenvalue weighted by atomic mass is 10.1. The Morgan fingerprint density at radius 2 is 1.95 bits per heavy atom. The Labute approximate surface area is 112 Å². The van der Waals surface area contributed by atoms with Gasteiger partial charge in [-0.05, 0) is 38.1 Å². The predicted molar refractivity (Wildman–Crippen MR) is 72.9 cm³/mol. The number of carbonyl (C=O) groups excluding carboxylic acids is 2. The number of rotatable bonds is 5. The molecule has 1 N–H and O–H groups in total. The van der Waals surface area contributed by atoms with Crippen molar-refractivity contribution in [1.82, 2.24) is 4.90 Å². The van der Waals surface area contributed by atoms with Gasteiger partial charge in [0.25, 0.3) is 0 Å². The van der Waals surface area contributed by atoms with Gasteiger partial charge in [-0.2, -0.15) is 5.26 Å². The number of anilines is 1. The summed E-state index contributed by atoms with van der Waals surface area (Å²) in [7, 11) is 0. The molecule has 0 aliphatic rings. The van der Waals surface area contributed by atoms with Crippen molar-refractivity contribution in [1.29, 1.82) is 5.26 Å². The molecule has 0 aliphatic carbocycles. The van der Waals surface area contributed by atoms with Crippen molar-refractivity contribution in [3.8, 4) is 6.07 Å². The van der Waals surface area contributed by atoms with Crippen LogP contribution in [0.15, 0.2) is 24.3 Å². The highest BCUT2D eigenvalue weighted by atomic mass is 16.2. The predicted octanol–water partition coefficient (Wildman–Crippen LogP) is 2.66. The summed E-state index contributed by atoms with van der Waals surface area (Å²) in [5.74, 6) is -0.0120. The van der Waals surface area contributed by atoms with E-state index in [1.165, 1.54) is 6.92 Å². The number of Topliss-reactive ketones (excluding diaryl/α,β-unsaturated/α-hetero) is 1. The van der Waals surface area contributed by atoms with Crippen LogP contribution in [-0.4, -0.2) is 29.8 Å². The summed E-state index contributed by atoms with van der Waals surface area (Å²) in [5, 5.41) is 11.3. The van der Waals surface area contributed by atoms with Crippen molar-refractivity contribution in [2.24, 2.45) is 0 Å². The van der Waals surface area contributed by atoms with Crippen LogP contribution in [0.4, 0.5) is 10.5 Å². The molecule has 0 heterocycles. The summed E-state index contributed by atoms with van der Waals surface area (Å²) in [4.78, 5) is 24.6. The minimum atomic E-state index is -0.242. The molecule has 0 aromatic heterocycles. The zero-order valence-corrected chi connectivity index (χ0v) is 11.1. The van der Waals surface area contributed by atoms with Crippen LogP contribution >= 0.6 is 0 Å². The summed E-state index contributed by atoms with van der Waals surface area (Å²) >= 11 is 0. The van der Waals surface area contributed by atoms with Gasteiger partial charge in [-0.25, -0.2) is 4.79 Å². The molecule has 0 saturated carbocycles. The number of ketones is 1. The summed E-state index contributed by atoms with van der Waals surface area (Å²) in [6.45, 7) is 4.30. The Morgan fingerprint density at radius 1 is 1.32 bits per heavy atom. The van der Waals surface area contributed by atoms with Crippen LogP contribution in [-0.2, 0) is 0 Å². The lowest BCUT2D eigenvalue weighted by molar-refractivity contribution is 0.101. The van der Waals surface area contributed by atoms with Crippen LogP contribution < -0.4 is 5.32 Å². The SMILES string of the molecule is CCN(CCC#N)C(=O)Nc1ccc(C(C)=O)cc1. The molecule has 0 fully saturated rings. The average molecular weight is 259 g/mol. The fourth-order valence-electron chi connectivity index (χ4n) is 1.58. The molecule has 0 unspecified atom stereocenters. The summed E-state index contributed by atoms with van der Waals surface area (Å²) in [6, 6.07) is 8.48. The molecular formula is C14H17N3O2. The summed E-state index contributed by atoms with van der Waals surface area (Å²) in [6.07, 6.45) is 0.310. The minimum absolute atomic E-state index is 0.0120. The second-order valence-corrected chi connectivity index (χ2v) is 4.05. The third-order valence-electron chi connectivity index (χ3n) is 2.71. The molecular weight excluding hydrogens is 242 g/mol. The molecule has 0 aliphatic heterocycles. The Balaban J connectivity index is 2.65. The number of amides is 2. The van der Waals surface area contributed by atoms with E-state index in [4.69, 9.17) is 5.26 Å². The number of carbonyl (C=O) groups is 2. The first-order valence-electron chi connectivity index (χ1n) is 6.12. The van der Waals surface area contributed by atoms with Crippen LogP contribution in [0.3, 0.4) is 0 Å². The first-order valence-corrected chi connectivity index (χ1v) is 6.12. The van der Waals surface area contributed by atoms with E-state index in [1.807, 2.05) is 13.0 Å². The number of nitriles is 1. The molecule has 1 rings (SSSR count). The van der Waals surface area contributed by atoms with E-state index in [2.05, 4.69) is 5.32 Å². The quantitative estimate of drug-likeness (QED) is 0.826. The minimum Gasteiger partial charge on any atom is -0.324 e. The first-order chi connectivity index (χ1) is 9.08. The van der Waals surface area contributed by atoms with Gasteiger partial charge in [0, 0.05) is 24.3 Å². The van der Waals surface area contributed by atoms with Crippen molar-refractivity contribution in [2.75, 3.05) is 18.4 Å². The van der Waals surface area contributed by atoms with Gasteiger partial charge in [-0.3, -0.25) is 4.79 Å². The molecule has 0 spiro atoms. The van der Waals surface area contributed by atoms with E-state index in [-0.39, 0.29) is 11.8 Å². The van der Waals surface area contributed by atoms with Crippen molar-refractivity contribution < 1.29 is 9.59 Å². The molecule has 5 heteroatoms.